The summed E-state index contributed by atoms with van der Waals surface area (Å²) in [7, 11) is 7.43. The molecule has 57 heavy (non-hydrogen) atoms. The fraction of sp³-hybridized carbons (Fsp3) is 0.114. The van der Waals surface area contributed by atoms with Crippen LogP contribution in [0, 0.1) is 5.82 Å². The van der Waals surface area contributed by atoms with Gasteiger partial charge in [-0.15, -0.1) is 0 Å². The van der Waals surface area contributed by atoms with Crippen LogP contribution in [-0.2, 0) is 9.47 Å². The summed E-state index contributed by atoms with van der Waals surface area (Å²) in [6.45, 7) is 0. The van der Waals surface area contributed by atoms with Crippen molar-refractivity contribution in [2.24, 2.45) is 0 Å². The number of esters is 2. The second kappa shape index (κ2) is 23.3. The van der Waals surface area contributed by atoms with Crippen molar-refractivity contribution in [3.8, 4) is 46.0 Å². The van der Waals surface area contributed by atoms with Gasteiger partial charge in [0.25, 0.3) is 0 Å². The summed E-state index contributed by atoms with van der Waals surface area (Å²) < 4.78 is 47.5. The average molecular weight is 781 g/mol. The summed E-state index contributed by atoms with van der Waals surface area (Å²) in [6.07, 6.45) is 0. The summed E-state index contributed by atoms with van der Waals surface area (Å²) in [5, 5.41) is 17.6. The number of methoxy groups -OCH3 is 5. The highest BCUT2D eigenvalue weighted by atomic mass is 19.1. The predicted molar refractivity (Wildman–Crippen MR) is 210 cm³/mol. The minimum absolute atomic E-state index is 0.233. The Morgan fingerprint density at radius 3 is 0.965 bits per heavy atom. The first-order chi connectivity index (χ1) is 27.5. The van der Waals surface area contributed by atoms with E-state index in [1.54, 1.807) is 106 Å². The second-order valence-electron chi connectivity index (χ2n) is 11.1. The average Bonchev–Trinajstić information content (AvgIpc) is 3.25. The van der Waals surface area contributed by atoms with Crippen molar-refractivity contribution in [1.82, 2.24) is 0 Å². The van der Waals surface area contributed by atoms with Crippen molar-refractivity contribution < 1.29 is 62.1 Å². The van der Waals surface area contributed by atoms with Crippen LogP contribution in [0.5, 0.6) is 46.0 Å². The summed E-state index contributed by atoms with van der Waals surface area (Å²) in [4.78, 5) is 32.7. The Kier molecular flexibility index (Phi) is 17.9. The lowest BCUT2D eigenvalue weighted by Crippen LogP contribution is -2.00. The normalized spacial score (nSPS) is 9.58. The van der Waals surface area contributed by atoms with Gasteiger partial charge < -0.3 is 43.4 Å². The molecule has 0 fully saturated rings. The number of carboxylic acid groups (broad SMARTS) is 1. The Labute approximate surface area is 329 Å². The maximum atomic E-state index is 12.3. The number of carbonyl (C=O) groups excluding carboxylic acids is 2. The number of carbonyl (C=O) groups is 3. The molecule has 13 heteroatoms. The molecular formula is C44H41FO12. The molecule has 0 aliphatic carbocycles. The second-order valence-corrected chi connectivity index (χ2v) is 11.1. The van der Waals surface area contributed by atoms with E-state index in [9.17, 15) is 18.8 Å². The van der Waals surface area contributed by atoms with E-state index in [0.29, 0.717) is 34.1 Å². The summed E-state index contributed by atoms with van der Waals surface area (Å²) in [5.41, 5.74) is 1.08. The highest BCUT2D eigenvalue weighted by molar-refractivity contribution is 5.90. The van der Waals surface area contributed by atoms with Crippen molar-refractivity contribution in [2.75, 3.05) is 35.5 Å². The van der Waals surface area contributed by atoms with E-state index >= 15 is 0 Å². The van der Waals surface area contributed by atoms with Crippen LogP contribution in [-0.4, -0.2) is 63.7 Å². The van der Waals surface area contributed by atoms with Gasteiger partial charge in [-0.3, -0.25) is 0 Å². The van der Waals surface area contributed by atoms with Crippen LogP contribution in [0.15, 0.2) is 146 Å². The number of benzene rings is 6. The third kappa shape index (κ3) is 15.4. The first-order valence-corrected chi connectivity index (χ1v) is 16.8. The Morgan fingerprint density at radius 1 is 0.404 bits per heavy atom. The van der Waals surface area contributed by atoms with Gasteiger partial charge in [0.05, 0.1) is 52.2 Å². The van der Waals surface area contributed by atoms with Gasteiger partial charge in [0, 0.05) is 0 Å². The van der Waals surface area contributed by atoms with Gasteiger partial charge in [0.15, 0.2) is 0 Å². The zero-order valence-electron chi connectivity index (χ0n) is 31.7. The molecule has 0 aliphatic rings. The van der Waals surface area contributed by atoms with Crippen LogP contribution in [0.1, 0.15) is 31.1 Å². The molecule has 6 aromatic rings. The molecule has 296 valence electrons. The molecule has 0 unspecified atom stereocenters. The first-order valence-electron chi connectivity index (χ1n) is 16.8. The van der Waals surface area contributed by atoms with Crippen molar-refractivity contribution in [1.29, 1.82) is 0 Å². The highest BCUT2D eigenvalue weighted by Gasteiger charge is 2.06. The molecule has 0 spiro atoms. The van der Waals surface area contributed by atoms with E-state index in [4.69, 9.17) is 33.9 Å². The topological polar surface area (TPSA) is 156 Å². The molecule has 0 aliphatic heterocycles. The number of halogens is 1. The molecule has 0 atom stereocenters. The molecule has 12 nitrogen and oxygen atoms in total. The molecule has 0 amide bonds. The number of hydrogen-bond acceptors (Lipinski definition) is 11. The lowest BCUT2D eigenvalue weighted by atomic mass is 10.2. The van der Waals surface area contributed by atoms with E-state index in [0.717, 1.165) is 17.2 Å². The van der Waals surface area contributed by atoms with Gasteiger partial charge in [-0.2, -0.15) is 0 Å². The van der Waals surface area contributed by atoms with E-state index in [2.05, 4.69) is 9.47 Å². The van der Waals surface area contributed by atoms with E-state index in [1.165, 1.54) is 50.6 Å². The highest BCUT2D eigenvalue weighted by Crippen LogP contribution is 2.25. The molecule has 6 rings (SSSR count). The number of ether oxygens (including phenoxy) is 7. The van der Waals surface area contributed by atoms with Crippen LogP contribution in [0.4, 0.5) is 4.39 Å². The van der Waals surface area contributed by atoms with E-state index < -0.39 is 11.9 Å². The van der Waals surface area contributed by atoms with Gasteiger partial charge >= 0.3 is 17.9 Å². The number of aromatic carboxylic acids is 1. The summed E-state index contributed by atoms with van der Waals surface area (Å²) in [5.74, 6) is 3.01. The molecular weight excluding hydrogens is 739 g/mol. The Morgan fingerprint density at radius 2 is 0.667 bits per heavy atom. The minimum atomic E-state index is -0.953. The van der Waals surface area contributed by atoms with Gasteiger partial charge in [0.2, 0.25) is 0 Å². The zero-order chi connectivity index (χ0) is 41.6. The molecule has 0 aromatic heterocycles. The maximum Gasteiger partial charge on any atom is 0.337 e. The number of hydrogen-bond donors (Lipinski definition) is 2. The number of carboxylic acids is 1. The maximum absolute atomic E-state index is 12.3. The lowest BCUT2D eigenvalue weighted by Gasteiger charge is -2.07. The van der Waals surface area contributed by atoms with Crippen LogP contribution in [0.2, 0.25) is 0 Å². The Hall–Kier alpha value is -7.54. The fourth-order valence-corrected chi connectivity index (χ4v) is 4.29. The molecule has 6 aromatic carbocycles. The monoisotopic (exact) mass is 780 g/mol. The summed E-state index contributed by atoms with van der Waals surface area (Å²) in [6, 6.07) is 39.2. The van der Waals surface area contributed by atoms with Crippen molar-refractivity contribution >= 4 is 17.9 Å². The van der Waals surface area contributed by atoms with Crippen molar-refractivity contribution in [2.45, 2.75) is 0 Å². The Balaban J connectivity index is 0.000000212. The molecule has 0 saturated heterocycles. The molecule has 0 bridgehead atoms. The smallest absolute Gasteiger partial charge is 0.337 e. The van der Waals surface area contributed by atoms with Gasteiger partial charge in [-0.05, 0) is 146 Å². The fourth-order valence-electron chi connectivity index (χ4n) is 4.29. The summed E-state index contributed by atoms with van der Waals surface area (Å²) >= 11 is 0. The van der Waals surface area contributed by atoms with Gasteiger partial charge in [-0.25, -0.2) is 18.8 Å². The standard InChI is InChI=1S/C15H14O4.C14H12O4.C8H7FO2.C7H8O2/c1-17-12-7-9-14(10-8-12)19-13-5-3-11(4-6-13)15(16)18-2;1-17-11-6-8-13(9-7-11)18-12-4-2-10(3-5-12)14(15)16;1-11-8(10)6-2-4-7(9)5-3-6;1-9-7-4-2-6(8)3-5-7/h3-10H,1-2H3;2-9H,1H3,(H,15,16);2-5H,1H3;2-5,8H,1H3. The molecule has 2 N–H and O–H groups in total. The van der Waals surface area contributed by atoms with Crippen LogP contribution < -0.4 is 23.7 Å². The third-order valence-corrected chi connectivity index (χ3v) is 7.30. The van der Waals surface area contributed by atoms with Crippen molar-refractivity contribution in [3.63, 3.8) is 0 Å². The van der Waals surface area contributed by atoms with E-state index in [-0.39, 0.29) is 23.1 Å². The SMILES string of the molecule is COC(=O)c1ccc(F)cc1.COC(=O)c1ccc(Oc2ccc(OC)cc2)cc1.COc1ccc(O)cc1.COc1ccc(Oc2ccc(C(=O)O)cc2)cc1. The molecule has 0 heterocycles. The minimum Gasteiger partial charge on any atom is -0.508 e. The molecule has 0 saturated carbocycles. The largest absolute Gasteiger partial charge is 0.508 e. The number of rotatable bonds is 10. The number of phenols is 1. The van der Waals surface area contributed by atoms with Crippen LogP contribution in [0.3, 0.4) is 0 Å². The first kappa shape index (κ1) is 43.9. The lowest BCUT2D eigenvalue weighted by molar-refractivity contribution is 0.0592. The van der Waals surface area contributed by atoms with Gasteiger partial charge in [-0.1, -0.05) is 0 Å². The van der Waals surface area contributed by atoms with E-state index in [1.807, 2.05) is 24.3 Å². The quantitative estimate of drug-likeness (QED) is 0.127. The number of aromatic hydroxyl groups is 1. The predicted octanol–water partition coefficient (Wildman–Crippen LogP) is 9.47. The van der Waals surface area contributed by atoms with Crippen LogP contribution >= 0.6 is 0 Å². The Bertz CT molecular complexity index is 2100. The van der Waals surface area contributed by atoms with Crippen LogP contribution in [0.25, 0.3) is 0 Å². The number of phenolic OH excluding ortho intramolecular Hbond substituents is 1. The molecule has 0 radical (unpaired) electrons. The van der Waals surface area contributed by atoms with Gasteiger partial charge in [0.1, 0.15) is 51.8 Å². The van der Waals surface area contributed by atoms with Crippen molar-refractivity contribution in [3.05, 3.63) is 168 Å². The zero-order valence-corrected chi connectivity index (χ0v) is 31.7. The third-order valence-electron chi connectivity index (χ3n) is 7.30.